The maximum Gasteiger partial charge on any atom is 0.284 e. The first-order valence-corrected chi connectivity index (χ1v) is 11.7. The highest BCUT2D eigenvalue weighted by Gasteiger charge is 2.23. The molecule has 3 aromatic rings. The zero-order valence-electron chi connectivity index (χ0n) is 16.8. The third kappa shape index (κ3) is 5.54. The summed E-state index contributed by atoms with van der Waals surface area (Å²) in [7, 11) is 2.03. The molecule has 0 atom stereocenters. The number of fused-ring (bicyclic) bond motifs is 1. The van der Waals surface area contributed by atoms with Gasteiger partial charge in [-0.15, -0.1) is 35.1 Å². The molecule has 0 aliphatic carbocycles. The van der Waals surface area contributed by atoms with Gasteiger partial charge in [0.05, 0.1) is 20.6 Å². The molecule has 170 valence electrons. The lowest BCUT2D eigenvalue weighted by Crippen LogP contribution is -2.25. The van der Waals surface area contributed by atoms with E-state index in [-0.39, 0.29) is 41.3 Å². The van der Waals surface area contributed by atoms with Crippen molar-refractivity contribution in [3.63, 3.8) is 0 Å². The van der Waals surface area contributed by atoms with Gasteiger partial charge in [-0.25, -0.2) is 4.98 Å². The van der Waals surface area contributed by atoms with Crippen molar-refractivity contribution in [2.75, 3.05) is 18.9 Å². The van der Waals surface area contributed by atoms with Crippen molar-refractivity contribution in [2.45, 2.75) is 19.5 Å². The summed E-state index contributed by atoms with van der Waals surface area (Å²) in [6, 6.07) is 6.19. The van der Waals surface area contributed by atoms with Crippen molar-refractivity contribution in [1.29, 1.82) is 0 Å². The second-order valence-electron chi connectivity index (χ2n) is 7.08. The van der Waals surface area contributed by atoms with Crippen LogP contribution in [0.2, 0.25) is 9.36 Å². The molecule has 0 saturated carbocycles. The highest BCUT2D eigenvalue weighted by atomic mass is 35.5. The Labute approximate surface area is 208 Å². The van der Waals surface area contributed by atoms with Crippen LogP contribution in [0.1, 0.15) is 35.6 Å². The van der Waals surface area contributed by atoms with Gasteiger partial charge in [0.1, 0.15) is 5.75 Å². The minimum atomic E-state index is -0.419. The van der Waals surface area contributed by atoms with E-state index < -0.39 is 5.91 Å². The van der Waals surface area contributed by atoms with E-state index in [0.29, 0.717) is 19.8 Å². The Morgan fingerprint density at radius 3 is 2.72 bits per heavy atom. The smallest absolute Gasteiger partial charge is 0.284 e. The van der Waals surface area contributed by atoms with E-state index in [2.05, 4.69) is 20.5 Å². The second kappa shape index (κ2) is 10.4. The Kier molecular flexibility index (Phi) is 8.02. The molecule has 2 amide bonds. The zero-order valence-corrected chi connectivity index (χ0v) is 20.7. The number of aromatic hydroxyl groups is 1. The standard InChI is InChI=1S/C20H18Cl2N4O3S2.ClH/c1-26-5-4-12-15(9-26)31-20(24-12)19(29)25-17-10(6-11(21)7-13(17)27)8-23-18(28)14-2-3-16(22)30-14;/h2-3,6-7,27H,4-5,8-9H2,1H3,(H,23,28)(H,25,29);1H. The van der Waals surface area contributed by atoms with Gasteiger partial charge in [0.25, 0.3) is 11.8 Å². The van der Waals surface area contributed by atoms with E-state index in [1.54, 1.807) is 18.2 Å². The van der Waals surface area contributed by atoms with Crippen molar-refractivity contribution in [3.05, 3.63) is 59.6 Å². The van der Waals surface area contributed by atoms with Crippen molar-refractivity contribution in [2.24, 2.45) is 0 Å². The topological polar surface area (TPSA) is 94.6 Å². The Morgan fingerprint density at radius 1 is 1.22 bits per heavy atom. The second-order valence-corrected chi connectivity index (χ2v) is 10.3. The molecule has 0 radical (unpaired) electrons. The normalized spacial score (nSPS) is 13.2. The fraction of sp³-hybridized carbons (Fsp3) is 0.250. The highest BCUT2D eigenvalue weighted by molar-refractivity contribution is 7.18. The molecule has 3 N–H and O–H groups in total. The number of nitrogens with one attached hydrogen (secondary N) is 2. The number of amides is 2. The molecule has 0 spiro atoms. The molecule has 12 heteroatoms. The SMILES string of the molecule is CN1CCc2nc(C(=O)Nc3c(O)cc(Cl)cc3CNC(=O)c3ccc(Cl)s3)sc2C1.Cl. The van der Waals surface area contributed by atoms with Gasteiger partial charge in [0.2, 0.25) is 0 Å². The van der Waals surface area contributed by atoms with Crippen LogP contribution in [0.4, 0.5) is 5.69 Å². The van der Waals surface area contributed by atoms with Crippen molar-refractivity contribution >= 4 is 75.8 Å². The molecular weight excluding hydrogens is 515 g/mol. The number of benzene rings is 1. The number of hydrogen-bond donors (Lipinski definition) is 3. The predicted octanol–water partition coefficient (Wildman–Crippen LogP) is 4.81. The molecule has 4 rings (SSSR count). The molecule has 7 nitrogen and oxygen atoms in total. The van der Waals surface area contributed by atoms with Gasteiger partial charge in [0.15, 0.2) is 5.01 Å². The Morgan fingerprint density at radius 2 is 2.00 bits per heavy atom. The third-order valence-electron chi connectivity index (χ3n) is 4.76. The summed E-state index contributed by atoms with van der Waals surface area (Å²) in [5.41, 5.74) is 1.59. The zero-order chi connectivity index (χ0) is 22.1. The van der Waals surface area contributed by atoms with Crippen LogP contribution in [0.3, 0.4) is 0 Å². The Hall–Kier alpha value is -1.88. The summed E-state index contributed by atoms with van der Waals surface area (Å²) < 4.78 is 0.510. The van der Waals surface area contributed by atoms with Crippen molar-refractivity contribution in [3.8, 4) is 5.75 Å². The molecule has 0 bridgehead atoms. The van der Waals surface area contributed by atoms with Gasteiger partial charge >= 0.3 is 0 Å². The number of phenols is 1. The van der Waals surface area contributed by atoms with Gasteiger partial charge in [-0.2, -0.15) is 0 Å². The van der Waals surface area contributed by atoms with Gasteiger partial charge in [0, 0.05) is 47.6 Å². The summed E-state index contributed by atoms with van der Waals surface area (Å²) in [4.78, 5) is 33.4. The number of halogens is 3. The molecule has 32 heavy (non-hydrogen) atoms. The number of nitrogens with zero attached hydrogens (tertiary/aromatic N) is 2. The number of rotatable bonds is 5. The van der Waals surface area contributed by atoms with E-state index in [1.807, 2.05) is 7.05 Å². The number of hydrogen-bond acceptors (Lipinski definition) is 7. The average molecular weight is 534 g/mol. The van der Waals surface area contributed by atoms with Gasteiger partial charge in [-0.05, 0) is 25.2 Å². The van der Waals surface area contributed by atoms with Crippen LogP contribution in [0.5, 0.6) is 5.75 Å². The minimum Gasteiger partial charge on any atom is -0.506 e. The largest absolute Gasteiger partial charge is 0.506 e. The van der Waals surface area contributed by atoms with Crippen LogP contribution in [0.25, 0.3) is 0 Å². The van der Waals surface area contributed by atoms with Crippen LogP contribution in [-0.4, -0.2) is 40.4 Å². The molecule has 3 heterocycles. The van der Waals surface area contributed by atoms with E-state index in [4.69, 9.17) is 23.2 Å². The van der Waals surface area contributed by atoms with Crippen LogP contribution in [0.15, 0.2) is 24.3 Å². The van der Waals surface area contributed by atoms with E-state index in [0.717, 1.165) is 41.4 Å². The number of likely N-dealkylation sites (N-methyl/N-ethyl adjacent to an activating group) is 1. The fourth-order valence-electron chi connectivity index (χ4n) is 3.22. The molecular formula is C20H19Cl3N4O3S2. The first-order chi connectivity index (χ1) is 14.8. The predicted molar refractivity (Wildman–Crippen MR) is 131 cm³/mol. The summed E-state index contributed by atoms with van der Waals surface area (Å²) in [6.07, 6.45) is 0.797. The molecule has 0 fully saturated rings. The molecule has 1 aliphatic heterocycles. The van der Waals surface area contributed by atoms with E-state index >= 15 is 0 Å². The summed E-state index contributed by atoms with van der Waals surface area (Å²) >= 11 is 14.5. The van der Waals surface area contributed by atoms with Gasteiger partial charge < -0.3 is 20.6 Å². The van der Waals surface area contributed by atoms with Crippen LogP contribution in [-0.2, 0) is 19.5 Å². The van der Waals surface area contributed by atoms with Crippen LogP contribution in [0, 0.1) is 0 Å². The molecule has 0 saturated heterocycles. The lowest BCUT2D eigenvalue weighted by atomic mass is 10.1. The highest BCUT2D eigenvalue weighted by Crippen LogP contribution is 2.33. The summed E-state index contributed by atoms with van der Waals surface area (Å²) in [5, 5.41) is 16.5. The number of thiazole rings is 1. The maximum atomic E-state index is 12.8. The Balaban J connectivity index is 0.00000289. The molecule has 1 aromatic carbocycles. The minimum absolute atomic E-state index is 0. The summed E-state index contributed by atoms with van der Waals surface area (Å²) in [5.74, 6) is -0.923. The number of phenolic OH excluding ortho intramolecular Hbond substituents is 1. The average Bonchev–Trinajstić information content (AvgIpc) is 3.34. The third-order valence-corrected chi connectivity index (χ3v) is 7.28. The number of carbonyl (C=O) groups is 2. The van der Waals surface area contributed by atoms with Gasteiger partial charge in [-0.3, -0.25) is 9.59 Å². The van der Waals surface area contributed by atoms with Gasteiger partial charge in [-0.1, -0.05) is 23.2 Å². The first-order valence-electron chi connectivity index (χ1n) is 9.33. The molecule has 2 aromatic heterocycles. The van der Waals surface area contributed by atoms with Crippen molar-refractivity contribution < 1.29 is 14.7 Å². The fourth-order valence-corrected chi connectivity index (χ4v) is 5.50. The quantitative estimate of drug-likeness (QED) is 0.409. The number of carbonyl (C=O) groups excluding carboxylic acids is 2. The first kappa shape index (κ1) is 24.8. The number of thiophene rings is 1. The number of anilines is 1. The maximum absolute atomic E-state index is 12.8. The Bertz CT molecular complexity index is 1170. The lowest BCUT2D eigenvalue weighted by Gasteiger charge is -2.20. The monoisotopic (exact) mass is 532 g/mol. The van der Waals surface area contributed by atoms with Crippen molar-refractivity contribution in [1.82, 2.24) is 15.2 Å². The molecule has 1 aliphatic rings. The number of aromatic nitrogens is 1. The van der Waals surface area contributed by atoms with E-state index in [1.165, 1.54) is 17.4 Å². The molecule has 0 unspecified atom stereocenters. The van der Waals surface area contributed by atoms with E-state index in [9.17, 15) is 14.7 Å². The van der Waals surface area contributed by atoms with Crippen LogP contribution >= 0.6 is 58.3 Å². The lowest BCUT2D eigenvalue weighted by molar-refractivity contribution is 0.0954. The van der Waals surface area contributed by atoms with Crippen LogP contribution < -0.4 is 10.6 Å². The summed E-state index contributed by atoms with van der Waals surface area (Å²) in [6.45, 7) is 1.71.